The van der Waals surface area contributed by atoms with E-state index in [9.17, 15) is 0 Å². The fourth-order valence-electron chi connectivity index (χ4n) is 2.85. The molecule has 0 aromatic heterocycles. The number of nitrogens with zero attached hydrogens (tertiary/aromatic N) is 1. The second-order valence-corrected chi connectivity index (χ2v) is 5.30. The van der Waals surface area contributed by atoms with Crippen LogP contribution in [0.4, 0.5) is 5.69 Å². The summed E-state index contributed by atoms with van der Waals surface area (Å²) in [5.41, 5.74) is 2.66. The molecule has 1 aromatic carbocycles. The van der Waals surface area contributed by atoms with E-state index in [4.69, 9.17) is 9.47 Å². The molecule has 1 fully saturated rings. The average Bonchev–Trinajstić information content (AvgIpc) is 2.46. The first-order chi connectivity index (χ1) is 9.34. The fourth-order valence-corrected chi connectivity index (χ4v) is 2.85. The van der Waals surface area contributed by atoms with Crippen LogP contribution in [0.2, 0.25) is 0 Å². The second-order valence-electron chi connectivity index (χ2n) is 5.30. The van der Waals surface area contributed by atoms with Crippen LogP contribution in [0.3, 0.4) is 0 Å². The number of morpholine rings is 1. The van der Waals surface area contributed by atoms with E-state index < -0.39 is 0 Å². The Kier molecular flexibility index (Phi) is 3.89. The molecule has 0 amide bonds. The first kappa shape index (κ1) is 12.8. The molecule has 104 valence electrons. The molecule has 2 aliphatic rings. The molecule has 1 N–H and O–H groups in total. The number of benzene rings is 1. The Hall–Kier alpha value is -1.26. The molecule has 1 atom stereocenters. The summed E-state index contributed by atoms with van der Waals surface area (Å²) in [5, 5.41) is 3.33. The third kappa shape index (κ3) is 2.85. The summed E-state index contributed by atoms with van der Waals surface area (Å²) in [6.07, 6.45) is 2.54. The predicted molar refractivity (Wildman–Crippen MR) is 76.1 cm³/mol. The maximum absolute atomic E-state index is 6.01. The Morgan fingerprint density at radius 1 is 1.47 bits per heavy atom. The van der Waals surface area contributed by atoms with E-state index in [1.165, 1.54) is 17.7 Å². The molecule has 1 saturated heterocycles. The highest BCUT2D eigenvalue weighted by molar-refractivity contribution is 5.64. The molecular formula is C15H22N2O2. The molecular weight excluding hydrogens is 240 g/mol. The van der Waals surface area contributed by atoms with Crippen LogP contribution in [0.5, 0.6) is 5.75 Å². The molecule has 0 spiro atoms. The van der Waals surface area contributed by atoms with Gasteiger partial charge in [-0.1, -0.05) is 12.1 Å². The van der Waals surface area contributed by atoms with Crippen LogP contribution in [-0.4, -0.2) is 46.0 Å². The van der Waals surface area contributed by atoms with Gasteiger partial charge in [0.05, 0.1) is 12.3 Å². The van der Waals surface area contributed by atoms with Crippen LogP contribution in [0.1, 0.15) is 12.0 Å². The molecule has 0 unspecified atom stereocenters. The van der Waals surface area contributed by atoms with E-state index in [0.29, 0.717) is 6.61 Å². The molecule has 0 radical (unpaired) electrons. The first-order valence-electron chi connectivity index (χ1n) is 7.13. The monoisotopic (exact) mass is 262 g/mol. The topological polar surface area (TPSA) is 33.7 Å². The smallest absolute Gasteiger partial charge is 0.143 e. The van der Waals surface area contributed by atoms with E-state index in [-0.39, 0.29) is 6.10 Å². The van der Waals surface area contributed by atoms with Crippen LogP contribution in [0.15, 0.2) is 18.2 Å². The summed E-state index contributed by atoms with van der Waals surface area (Å²) < 4.78 is 11.7. The lowest BCUT2D eigenvalue weighted by atomic mass is 10.0. The Labute approximate surface area is 114 Å². The maximum Gasteiger partial charge on any atom is 0.143 e. The lowest BCUT2D eigenvalue weighted by Gasteiger charge is -2.30. The zero-order valence-corrected chi connectivity index (χ0v) is 11.5. The van der Waals surface area contributed by atoms with Crippen molar-refractivity contribution >= 4 is 5.69 Å². The standard InChI is InChI=1S/C15H22N2O2/c1-17-8-3-5-12-4-2-6-14(15(12)17)19-11-13-10-16-7-9-18-13/h2,4,6,13,16H,3,5,7-11H2,1H3/t13-/m0/s1. The van der Waals surface area contributed by atoms with Crippen molar-refractivity contribution in [3.05, 3.63) is 23.8 Å². The summed E-state index contributed by atoms with van der Waals surface area (Å²) in [6, 6.07) is 6.36. The van der Waals surface area contributed by atoms with Gasteiger partial charge in [-0.25, -0.2) is 0 Å². The molecule has 2 aliphatic heterocycles. The quantitative estimate of drug-likeness (QED) is 0.893. The van der Waals surface area contributed by atoms with Crippen LogP contribution in [0, 0.1) is 0 Å². The second kappa shape index (κ2) is 5.80. The number of hydrogen-bond acceptors (Lipinski definition) is 4. The van der Waals surface area contributed by atoms with Gasteiger partial charge in [0.1, 0.15) is 18.5 Å². The van der Waals surface area contributed by atoms with Gasteiger partial charge in [-0.3, -0.25) is 0 Å². The Morgan fingerprint density at radius 3 is 3.26 bits per heavy atom. The maximum atomic E-state index is 6.01. The van der Waals surface area contributed by atoms with Gasteiger partial charge in [-0.15, -0.1) is 0 Å². The van der Waals surface area contributed by atoms with Crippen molar-refractivity contribution in [2.75, 3.05) is 44.8 Å². The van der Waals surface area contributed by atoms with E-state index in [1.54, 1.807) is 0 Å². The molecule has 1 aromatic rings. The number of rotatable bonds is 3. The Balaban J connectivity index is 1.70. The van der Waals surface area contributed by atoms with Crippen LogP contribution < -0.4 is 15.0 Å². The predicted octanol–water partition coefficient (Wildman–Crippen LogP) is 1.44. The fraction of sp³-hybridized carbons (Fsp3) is 0.600. The third-order valence-corrected chi connectivity index (χ3v) is 3.83. The number of para-hydroxylation sites is 1. The minimum Gasteiger partial charge on any atom is -0.489 e. The van der Waals surface area contributed by atoms with Crippen LogP contribution in [-0.2, 0) is 11.2 Å². The highest BCUT2D eigenvalue weighted by Crippen LogP contribution is 2.35. The van der Waals surface area contributed by atoms with Gasteiger partial charge >= 0.3 is 0 Å². The van der Waals surface area contributed by atoms with Crippen molar-refractivity contribution in [2.45, 2.75) is 18.9 Å². The van der Waals surface area contributed by atoms with E-state index >= 15 is 0 Å². The average molecular weight is 262 g/mol. The van der Waals surface area contributed by atoms with E-state index in [2.05, 4.69) is 35.5 Å². The number of hydrogen-bond donors (Lipinski definition) is 1. The van der Waals surface area contributed by atoms with Gasteiger partial charge in [0.25, 0.3) is 0 Å². The molecule has 2 heterocycles. The van der Waals surface area contributed by atoms with Gasteiger partial charge in [0, 0.05) is 26.7 Å². The largest absolute Gasteiger partial charge is 0.489 e. The lowest BCUT2D eigenvalue weighted by Crippen LogP contribution is -2.41. The minimum absolute atomic E-state index is 0.165. The number of fused-ring (bicyclic) bond motifs is 1. The highest BCUT2D eigenvalue weighted by Gasteiger charge is 2.20. The van der Waals surface area contributed by atoms with Gasteiger partial charge in [-0.05, 0) is 24.5 Å². The van der Waals surface area contributed by atoms with Crippen molar-refractivity contribution in [3.63, 3.8) is 0 Å². The third-order valence-electron chi connectivity index (χ3n) is 3.83. The van der Waals surface area contributed by atoms with Crippen molar-refractivity contribution in [2.24, 2.45) is 0 Å². The Bertz CT molecular complexity index is 430. The molecule has 0 saturated carbocycles. The summed E-state index contributed by atoms with van der Waals surface area (Å²) in [4.78, 5) is 2.30. The van der Waals surface area contributed by atoms with Crippen LogP contribution >= 0.6 is 0 Å². The summed E-state index contributed by atoms with van der Waals surface area (Å²) in [5.74, 6) is 0.994. The Morgan fingerprint density at radius 2 is 2.42 bits per heavy atom. The number of ether oxygens (including phenoxy) is 2. The van der Waals surface area contributed by atoms with Gasteiger partial charge in [0.2, 0.25) is 0 Å². The van der Waals surface area contributed by atoms with Gasteiger partial charge in [-0.2, -0.15) is 0 Å². The van der Waals surface area contributed by atoms with Crippen molar-refractivity contribution in [3.8, 4) is 5.75 Å². The lowest BCUT2D eigenvalue weighted by molar-refractivity contribution is 0.000274. The van der Waals surface area contributed by atoms with Crippen LogP contribution in [0.25, 0.3) is 0 Å². The van der Waals surface area contributed by atoms with Gasteiger partial charge < -0.3 is 19.7 Å². The minimum atomic E-state index is 0.165. The molecule has 4 heteroatoms. The molecule has 19 heavy (non-hydrogen) atoms. The molecule has 3 rings (SSSR count). The zero-order valence-electron chi connectivity index (χ0n) is 11.5. The SMILES string of the molecule is CN1CCCc2cccc(OC[C@@H]3CNCCO3)c21. The zero-order chi connectivity index (χ0) is 13.1. The summed E-state index contributed by atoms with van der Waals surface area (Å²) in [7, 11) is 2.14. The number of aryl methyl sites for hydroxylation is 1. The van der Waals surface area contributed by atoms with E-state index in [0.717, 1.165) is 38.4 Å². The number of nitrogens with one attached hydrogen (secondary N) is 1. The highest BCUT2D eigenvalue weighted by atomic mass is 16.5. The van der Waals surface area contributed by atoms with Crippen molar-refractivity contribution in [1.29, 1.82) is 0 Å². The van der Waals surface area contributed by atoms with Crippen molar-refractivity contribution in [1.82, 2.24) is 5.32 Å². The molecule has 4 nitrogen and oxygen atoms in total. The summed E-state index contributed by atoms with van der Waals surface area (Å²) in [6.45, 7) is 4.33. The summed E-state index contributed by atoms with van der Waals surface area (Å²) >= 11 is 0. The molecule has 0 aliphatic carbocycles. The van der Waals surface area contributed by atoms with Gasteiger partial charge in [0.15, 0.2) is 0 Å². The normalized spacial score (nSPS) is 23.0. The van der Waals surface area contributed by atoms with E-state index in [1.807, 2.05) is 0 Å². The number of anilines is 1. The molecule has 0 bridgehead atoms. The first-order valence-corrected chi connectivity index (χ1v) is 7.13. The van der Waals surface area contributed by atoms with Crippen molar-refractivity contribution < 1.29 is 9.47 Å².